The van der Waals surface area contributed by atoms with Gasteiger partial charge in [-0.3, -0.25) is 0 Å². The number of hydrazone groups is 1. The van der Waals surface area contributed by atoms with Gasteiger partial charge in [0.2, 0.25) is 0 Å². The Hall–Kier alpha value is -1.36. The van der Waals surface area contributed by atoms with Crippen molar-refractivity contribution in [3.63, 3.8) is 0 Å². The number of benzene rings is 1. The Morgan fingerprint density at radius 2 is 1.64 bits per heavy atom. The number of sulfonamides is 1. The number of nitrogens with one attached hydrogen (secondary N) is 1. The highest BCUT2D eigenvalue weighted by molar-refractivity contribution is 7.89. The molecule has 5 heteroatoms. The number of aryl methyl sites for hydroxylation is 1. The van der Waals surface area contributed by atoms with E-state index < -0.39 is 10.0 Å². The molecule has 0 heterocycles. The molecule has 218 valence electrons. The van der Waals surface area contributed by atoms with Gasteiger partial charge in [0.15, 0.2) is 0 Å². The Morgan fingerprint density at radius 3 is 2.36 bits per heavy atom. The van der Waals surface area contributed by atoms with Crippen molar-refractivity contribution < 1.29 is 8.42 Å². The highest BCUT2D eigenvalue weighted by atomic mass is 32.2. The fourth-order valence-corrected chi connectivity index (χ4v) is 10.9. The number of hydrogen-bond donors (Lipinski definition) is 1. The van der Waals surface area contributed by atoms with Crippen LogP contribution in [-0.2, 0) is 10.0 Å². The molecule has 0 saturated heterocycles. The van der Waals surface area contributed by atoms with E-state index in [2.05, 4.69) is 44.6 Å². The number of hydrogen-bond acceptors (Lipinski definition) is 3. The maximum Gasteiger partial charge on any atom is 0.276 e. The third-order valence-electron chi connectivity index (χ3n) is 12.4. The monoisotopic (exact) mass is 554 g/mol. The molecule has 1 aromatic rings. The molecule has 8 atom stereocenters. The van der Waals surface area contributed by atoms with Gasteiger partial charge in [-0.05, 0) is 129 Å². The average molecular weight is 555 g/mol. The van der Waals surface area contributed by atoms with Gasteiger partial charge in [-0.25, -0.2) is 4.83 Å². The van der Waals surface area contributed by atoms with Crippen LogP contribution in [0.3, 0.4) is 0 Å². The molecule has 1 N–H and O–H groups in total. The molecule has 0 aliphatic heterocycles. The summed E-state index contributed by atoms with van der Waals surface area (Å²) in [6.45, 7) is 14.5. The summed E-state index contributed by atoms with van der Waals surface area (Å²) in [4.78, 5) is 2.85. The average Bonchev–Trinajstić information content (AvgIpc) is 3.25. The van der Waals surface area contributed by atoms with Gasteiger partial charge in [0, 0.05) is 5.71 Å². The molecule has 4 aliphatic carbocycles. The van der Waals surface area contributed by atoms with E-state index in [9.17, 15) is 8.42 Å². The van der Waals surface area contributed by atoms with Crippen molar-refractivity contribution in [2.24, 2.45) is 57.4 Å². The summed E-state index contributed by atoms with van der Waals surface area (Å²) in [7, 11) is -3.62. The zero-order chi connectivity index (χ0) is 28.0. The Labute approximate surface area is 239 Å². The standard InChI is InChI=1S/C34H54N2O2S/c1-23(2)8-7-9-25(4)30-16-17-31-29-15-12-26-22-27(18-20-33(26,5)32(29)19-21-34(30,31)6)35-36-39(37,38)28-13-10-24(3)11-14-28/h10-11,13-14,23,25-26,29-32,36H,7-9,12,15-22H2,1-6H3/b35-27+/t25-,26?,29+,30-,31+,32+,33+,34-/m1/s1. The topological polar surface area (TPSA) is 58.5 Å². The van der Waals surface area contributed by atoms with E-state index in [1.165, 1.54) is 57.8 Å². The van der Waals surface area contributed by atoms with E-state index in [4.69, 9.17) is 0 Å². The van der Waals surface area contributed by atoms with Gasteiger partial charge >= 0.3 is 0 Å². The lowest BCUT2D eigenvalue weighted by atomic mass is 9.44. The Morgan fingerprint density at radius 1 is 0.923 bits per heavy atom. The van der Waals surface area contributed by atoms with Crippen LogP contribution in [0.25, 0.3) is 0 Å². The van der Waals surface area contributed by atoms with E-state index >= 15 is 0 Å². The summed E-state index contributed by atoms with van der Waals surface area (Å²) in [5, 5.41) is 4.49. The lowest BCUT2D eigenvalue weighted by molar-refractivity contribution is -0.105. The summed E-state index contributed by atoms with van der Waals surface area (Å²) in [5.41, 5.74) is 3.01. The van der Waals surface area contributed by atoms with Crippen LogP contribution in [0.1, 0.15) is 117 Å². The minimum absolute atomic E-state index is 0.285. The number of nitrogens with zero attached hydrogens (tertiary/aromatic N) is 1. The molecule has 4 saturated carbocycles. The normalized spacial score (nSPS) is 38.2. The zero-order valence-electron chi connectivity index (χ0n) is 25.5. The van der Waals surface area contributed by atoms with Crippen LogP contribution in [0.4, 0.5) is 0 Å². The van der Waals surface area contributed by atoms with Gasteiger partial charge in [-0.1, -0.05) is 71.6 Å². The lowest BCUT2D eigenvalue weighted by Crippen LogP contribution is -2.53. The Kier molecular flexibility index (Phi) is 8.32. The molecular formula is C34H54N2O2S. The van der Waals surface area contributed by atoms with Crippen molar-refractivity contribution in [2.75, 3.05) is 0 Å². The van der Waals surface area contributed by atoms with Crippen LogP contribution in [-0.4, -0.2) is 14.1 Å². The van der Waals surface area contributed by atoms with Crippen molar-refractivity contribution in [3.8, 4) is 0 Å². The first-order valence-electron chi connectivity index (χ1n) is 16.1. The molecule has 1 unspecified atom stereocenters. The Balaban J connectivity index is 1.23. The molecular weight excluding hydrogens is 500 g/mol. The van der Waals surface area contributed by atoms with Crippen LogP contribution < -0.4 is 4.83 Å². The van der Waals surface area contributed by atoms with Gasteiger partial charge in [-0.2, -0.15) is 13.5 Å². The summed E-state index contributed by atoms with van der Waals surface area (Å²) in [5.74, 6) is 5.85. The lowest BCUT2D eigenvalue weighted by Gasteiger charge is -2.61. The smallest absolute Gasteiger partial charge is 0.200 e. The van der Waals surface area contributed by atoms with Crippen LogP contribution >= 0.6 is 0 Å². The Bertz CT molecular complexity index is 1140. The van der Waals surface area contributed by atoms with Crippen molar-refractivity contribution in [1.29, 1.82) is 0 Å². The molecule has 0 spiro atoms. The maximum absolute atomic E-state index is 12.8. The second-order valence-corrected chi connectivity index (χ2v) is 16.6. The summed E-state index contributed by atoms with van der Waals surface area (Å²) in [6, 6.07) is 6.99. The molecule has 0 amide bonds. The van der Waals surface area contributed by atoms with Gasteiger partial charge in [0.1, 0.15) is 0 Å². The molecule has 4 nitrogen and oxygen atoms in total. The van der Waals surface area contributed by atoms with Gasteiger partial charge in [0.05, 0.1) is 4.90 Å². The van der Waals surface area contributed by atoms with Crippen LogP contribution in [0.5, 0.6) is 0 Å². The molecule has 39 heavy (non-hydrogen) atoms. The van der Waals surface area contributed by atoms with Crippen molar-refractivity contribution in [3.05, 3.63) is 29.8 Å². The zero-order valence-corrected chi connectivity index (χ0v) is 26.3. The molecule has 4 aliphatic rings. The van der Waals surface area contributed by atoms with E-state index in [0.29, 0.717) is 16.7 Å². The van der Waals surface area contributed by atoms with Gasteiger partial charge in [0.25, 0.3) is 10.0 Å². The first-order chi connectivity index (χ1) is 18.4. The first-order valence-corrected chi connectivity index (χ1v) is 17.6. The maximum atomic E-state index is 12.8. The van der Waals surface area contributed by atoms with Crippen molar-refractivity contribution >= 4 is 15.7 Å². The number of fused-ring (bicyclic) bond motifs is 5. The highest BCUT2D eigenvalue weighted by Gasteiger charge is 2.60. The van der Waals surface area contributed by atoms with E-state index in [0.717, 1.165) is 66.0 Å². The van der Waals surface area contributed by atoms with Crippen LogP contribution in [0.15, 0.2) is 34.3 Å². The van der Waals surface area contributed by atoms with Crippen molar-refractivity contribution in [2.45, 2.75) is 123 Å². The fraction of sp³-hybridized carbons (Fsp3) is 0.794. The van der Waals surface area contributed by atoms with Crippen molar-refractivity contribution in [1.82, 2.24) is 4.83 Å². The van der Waals surface area contributed by atoms with Gasteiger partial charge < -0.3 is 0 Å². The number of rotatable bonds is 8. The van der Waals surface area contributed by atoms with Crippen LogP contribution in [0, 0.1) is 59.2 Å². The summed E-state index contributed by atoms with van der Waals surface area (Å²) >= 11 is 0. The molecule has 4 fully saturated rings. The first kappa shape index (κ1) is 29.1. The third kappa shape index (κ3) is 5.60. The van der Waals surface area contributed by atoms with Gasteiger partial charge in [-0.15, -0.1) is 0 Å². The molecule has 0 radical (unpaired) electrons. The SMILES string of the molecule is Cc1ccc(S(=O)(=O)N/N=C2\CC[C@@]3(C)C(CC[C@H]4[C@@H]5CC[C@H]([C@H](C)CCCC(C)C)[C@@]5(C)CC[C@@H]43)C2)cc1. The summed E-state index contributed by atoms with van der Waals surface area (Å²) < 4.78 is 25.6. The quantitative estimate of drug-likeness (QED) is 0.327. The second-order valence-electron chi connectivity index (χ2n) is 15.0. The third-order valence-corrected chi connectivity index (χ3v) is 13.6. The largest absolute Gasteiger partial charge is 0.276 e. The highest BCUT2D eigenvalue weighted by Crippen LogP contribution is 2.68. The predicted molar refractivity (Wildman–Crippen MR) is 162 cm³/mol. The molecule has 0 bridgehead atoms. The summed E-state index contributed by atoms with van der Waals surface area (Å²) in [6.07, 6.45) is 15.6. The molecule has 0 aromatic heterocycles. The molecule has 1 aromatic carbocycles. The predicted octanol–water partition coefficient (Wildman–Crippen LogP) is 8.75. The minimum Gasteiger partial charge on any atom is -0.200 e. The van der Waals surface area contributed by atoms with E-state index in [1.807, 2.05) is 19.1 Å². The fourth-order valence-electron chi connectivity index (χ4n) is 10.1. The van der Waals surface area contributed by atoms with Crippen LogP contribution in [0.2, 0.25) is 0 Å². The minimum atomic E-state index is -3.62. The van der Waals surface area contributed by atoms with E-state index in [-0.39, 0.29) is 4.90 Å². The second kappa shape index (κ2) is 11.1. The molecule has 5 rings (SSSR count). The van der Waals surface area contributed by atoms with E-state index in [1.54, 1.807) is 12.1 Å².